The standard InChI is InChI=1S/C7H11NO3/c9-7(8-4-1-5-8)11-10-6-2-3-6/h6H,1-5H2. The van der Waals surface area contributed by atoms with E-state index in [2.05, 4.69) is 4.89 Å². The van der Waals surface area contributed by atoms with E-state index in [0.717, 1.165) is 32.4 Å². The Morgan fingerprint density at radius 2 is 2.09 bits per heavy atom. The summed E-state index contributed by atoms with van der Waals surface area (Å²) in [6.45, 7) is 1.62. The quantitative estimate of drug-likeness (QED) is 0.442. The molecule has 0 radical (unpaired) electrons. The van der Waals surface area contributed by atoms with Gasteiger partial charge in [0, 0.05) is 13.1 Å². The number of rotatable bonds is 2. The van der Waals surface area contributed by atoms with E-state index in [9.17, 15) is 4.79 Å². The second-order valence-corrected chi connectivity index (χ2v) is 2.99. The highest BCUT2D eigenvalue weighted by molar-refractivity contribution is 5.67. The van der Waals surface area contributed by atoms with E-state index in [4.69, 9.17) is 4.89 Å². The normalized spacial score (nSPS) is 22.7. The van der Waals surface area contributed by atoms with Crippen LogP contribution in [0.3, 0.4) is 0 Å². The van der Waals surface area contributed by atoms with Gasteiger partial charge in [-0.2, -0.15) is 4.89 Å². The summed E-state index contributed by atoms with van der Waals surface area (Å²) in [5, 5.41) is 0. The Kier molecular flexibility index (Phi) is 1.69. The maximum Gasteiger partial charge on any atom is 0.441 e. The van der Waals surface area contributed by atoms with Crippen molar-refractivity contribution in [3.05, 3.63) is 0 Å². The second-order valence-electron chi connectivity index (χ2n) is 2.99. The summed E-state index contributed by atoms with van der Waals surface area (Å²) >= 11 is 0. The van der Waals surface area contributed by atoms with Crippen molar-refractivity contribution < 1.29 is 14.6 Å². The molecule has 2 rings (SSSR count). The molecular weight excluding hydrogens is 146 g/mol. The lowest BCUT2D eigenvalue weighted by Crippen LogP contribution is -2.42. The van der Waals surface area contributed by atoms with Gasteiger partial charge in [0.25, 0.3) is 0 Å². The first-order valence-electron chi connectivity index (χ1n) is 3.98. The Morgan fingerprint density at radius 3 is 2.55 bits per heavy atom. The summed E-state index contributed by atoms with van der Waals surface area (Å²) < 4.78 is 0. The fraction of sp³-hybridized carbons (Fsp3) is 0.857. The van der Waals surface area contributed by atoms with Crippen LogP contribution in [0.5, 0.6) is 0 Å². The van der Waals surface area contributed by atoms with Crippen molar-refractivity contribution in [2.45, 2.75) is 25.4 Å². The zero-order chi connectivity index (χ0) is 7.68. The minimum Gasteiger partial charge on any atom is -0.306 e. The molecule has 0 aromatic rings. The fourth-order valence-electron chi connectivity index (χ4n) is 0.825. The van der Waals surface area contributed by atoms with Gasteiger partial charge in [-0.15, -0.1) is 0 Å². The SMILES string of the molecule is O=C(OOC1CC1)N1CCC1. The zero-order valence-corrected chi connectivity index (χ0v) is 6.28. The topological polar surface area (TPSA) is 38.8 Å². The highest BCUT2D eigenvalue weighted by atomic mass is 17.2. The molecule has 2 fully saturated rings. The van der Waals surface area contributed by atoms with Crippen molar-refractivity contribution >= 4 is 6.09 Å². The van der Waals surface area contributed by atoms with Crippen LogP contribution >= 0.6 is 0 Å². The highest BCUT2D eigenvalue weighted by Gasteiger charge is 2.28. The molecule has 1 saturated heterocycles. The fourth-order valence-corrected chi connectivity index (χ4v) is 0.825. The van der Waals surface area contributed by atoms with Crippen LogP contribution in [-0.4, -0.2) is 30.2 Å². The molecule has 0 aromatic carbocycles. The summed E-state index contributed by atoms with van der Waals surface area (Å²) in [6.07, 6.45) is 2.97. The lowest BCUT2D eigenvalue weighted by atomic mass is 10.2. The molecule has 0 atom stereocenters. The van der Waals surface area contributed by atoms with E-state index in [1.54, 1.807) is 4.90 Å². The van der Waals surface area contributed by atoms with Crippen LogP contribution in [0.15, 0.2) is 0 Å². The van der Waals surface area contributed by atoms with Gasteiger partial charge in [-0.3, -0.25) is 4.89 Å². The van der Waals surface area contributed by atoms with Gasteiger partial charge in [0.2, 0.25) is 0 Å². The minimum atomic E-state index is -0.330. The predicted octanol–water partition coefficient (Wildman–Crippen LogP) is 0.923. The zero-order valence-electron chi connectivity index (χ0n) is 6.28. The molecule has 0 spiro atoms. The number of hydrogen-bond donors (Lipinski definition) is 0. The number of likely N-dealkylation sites (tertiary alicyclic amines) is 1. The molecule has 0 bridgehead atoms. The maximum absolute atomic E-state index is 10.9. The molecule has 62 valence electrons. The van der Waals surface area contributed by atoms with Crippen LogP contribution in [-0.2, 0) is 9.78 Å². The van der Waals surface area contributed by atoms with Crippen LogP contribution in [0.1, 0.15) is 19.3 Å². The third-order valence-corrected chi connectivity index (χ3v) is 1.89. The molecule has 0 N–H and O–H groups in total. The summed E-state index contributed by atoms with van der Waals surface area (Å²) in [5.41, 5.74) is 0. The van der Waals surface area contributed by atoms with Gasteiger partial charge in [0.15, 0.2) is 0 Å². The molecule has 4 heteroatoms. The Balaban J connectivity index is 1.63. The lowest BCUT2D eigenvalue weighted by molar-refractivity contribution is -0.256. The van der Waals surface area contributed by atoms with Crippen molar-refractivity contribution in [3.63, 3.8) is 0 Å². The molecule has 1 saturated carbocycles. The second kappa shape index (κ2) is 2.70. The number of carbonyl (C=O) groups excluding carboxylic acids is 1. The first-order valence-corrected chi connectivity index (χ1v) is 3.98. The van der Waals surface area contributed by atoms with Gasteiger partial charge in [-0.25, -0.2) is 4.79 Å². The monoisotopic (exact) mass is 157 g/mol. The average Bonchev–Trinajstić information content (AvgIpc) is 2.61. The van der Waals surface area contributed by atoms with Crippen molar-refractivity contribution in [1.29, 1.82) is 0 Å². The Hall–Kier alpha value is -0.770. The molecular formula is C7H11NO3. The van der Waals surface area contributed by atoms with E-state index in [0.29, 0.717) is 0 Å². The first kappa shape index (κ1) is 6.91. The number of hydrogen-bond acceptors (Lipinski definition) is 3. The van der Waals surface area contributed by atoms with E-state index >= 15 is 0 Å². The third-order valence-electron chi connectivity index (χ3n) is 1.89. The van der Waals surface area contributed by atoms with E-state index in [1.165, 1.54) is 0 Å². The molecule has 1 heterocycles. The van der Waals surface area contributed by atoms with Gasteiger partial charge in [0.1, 0.15) is 6.10 Å². The summed E-state index contributed by atoms with van der Waals surface area (Å²) in [6, 6.07) is 0. The van der Waals surface area contributed by atoms with Crippen LogP contribution in [0, 0.1) is 0 Å². The van der Waals surface area contributed by atoms with Gasteiger partial charge in [-0.05, 0) is 19.3 Å². The largest absolute Gasteiger partial charge is 0.441 e. The summed E-state index contributed by atoms with van der Waals surface area (Å²) in [4.78, 5) is 21.9. The van der Waals surface area contributed by atoms with Crippen LogP contribution in [0.25, 0.3) is 0 Å². The minimum absolute atomic E-state index is 0.181. The Morgan fingerprint density at radius 1 is 1.36 bits per heavy atom. The predicted molar refractivity (Wildman–Crippen MR) is 36.8 cm³/mol. The third kappa shape index (κ3) is 1.63. The van der Waals surface area contributed by atoms with Gasteiger partial charge < -0.3 is 4.90 Å². The summed E-state index contributed by atoms with van der Waals surface area (Å²) in [7, 11) is 0. The van der Waals surface area contributed by atoms with E-state index in [1.807, 2.05) is 0 Å². The number of carbonyl (C=O) groups is 1. The molecule has 2 aliphatic rings. The molecule has 1 aliphatic carbocycles. The lowest BCUT2D eigenvalue weighted by Gasteiger charge is -2.28. The maximum atomic E-state index is 10.9. The Bertz CT molecular complexity index is 163. The van der Waals surface area contributed by atoms with Crippen LogP contribution < -0.4 is 0 Å². The van der Waals surface area contributed by atoms with Crippen LogP contribution in [0.4, 0.5) is 4.79 Å². The first-order chi connectivity index (χ1) is 5.36. The number of amides is 1. The van der Waals surface area contributed by atoms with Crippen molar-refractivity contribution in [2.75, 3.05) is 13.1 Å². The molecule has 4 nitrogen and oxygen atoms in total. The number of nitrogens with zero attached hydrogens (tertiary/aromatic N) is 1. The molecule has 11 heavy (non-hydrogen) atoms. The molecule has 0 unspecified atom stereocenters. The molecule has 1 amide bonds. The van der Waals surface area contributed by atoms with Crippen molar-refractivity contribution in [2.24, 2.45) is 0 Å². The van der Waals surface area contributed by atoms with E-state index < -0.39 is 0 Å². The van der Waals surface area contributed by atoms with Crippen molar-refractivity contribution in [3.8, 4) is 0 Å². The van der Waals surface area contributed by atoms with Gasteiger partial charge in [-0.1, -0.05) is 0 Å². The van der Waals surface area contributed by atoms with Gasteiger partial charge >= 0.3 is 6.09 Å². The highest BCUT2D eigenvalue weighted by Crippen LogP contribution is 2.24. The molecule has 1 aliphatic heterocycles. The Labute approximate surface area is 65.0 Å². The molecule has 0 aromatic heterocycles. The smallest absolute Gasteiger partial charge is 0.306 e. The van der Waals surface area contributed by atoms with Crippen molar-refractivity contribution in [1.82, 2.24) is 4.90 Å². The average molecular weight is 157 g/mol. The van der Waals surface area contributed by atoms with Gasteiger partial charge in [0.05, 0.1) is 0 Å². The summed E-state index contributed by atoms with van der Waals surface area (Å²) in [5.74, 6) is 0. The van der Waals surface area contributed by atoms with E-state index in [-0.39, 0.29) is 12.2 Å². The van der Waals surface area contributed by atoms with Crippen LogP contribution in [0.2, 0.25) is 0 Å².